The van der Waals surface area contributed by atoms with Gasteiger partial charge in [-0.1, -0.05) is 0 Å². The fraction of sp³-hybridized carbons (Fsp3) is 1.00. The average Bonchev–Trinajstić information content (AvgIpc) is 2.22. The van der Waals surface area contributed by atoms with Crippen molar-refractivity contribution in [3.63, 3.8) is 0 Å². The van der Waals surface area contributed by atoms with Gasteiger partial charge in [0.25, 0.3) is 0 Å². The first-order chi connectivity index (χ1) is 9.96. The highest BCUT2D eigenvalue weighted by Gasteiger charge is 2.89. The molecule has 0 aromatic rings. The number of hydrogen-bond acceptors (Lipinski definition) is 2. The van der Waals surface area contributed by atoms with E-state index in [-0.39, 0.29) is 0 Å². The molecule has 0 fully saturated rings. The molecule has 0 aromatic heterocycles. The van der Waals surface area contributed by atoms with Gasteiger partial charge in [-0.05, 0) is 0 Å². The van der Waals surface area contributed by atoms with Crippen molar-refractivity contribution in [2.24, 2.45) is 0 Å². The number of hydrogen-bond donors (Lipinski definition) is 1. The van der Waals surface area contributed by atoms with Crippen LogP contribution in [0.25, 0.3) is 0 Å². The highest BCUT2D eigenvalue weighted by molar-refractivity contribution is 7.87. The fourth-order valence-corrected chi connectivity index (χ4v) is 1.59. The minimum absolute atomic E-state index is 4.11. The molecule has 0 unspecified atom stereocenters. The standard InChI is InChI=1S/C7H3F13O3S/c8-2(9,1-3(10,11)12)4(13,14)5(15,16)6(17,18)7(19,20)24(21,22)23/h1H2,(H,21,22,23). The summed E-state index contributed by atoms with van der Waals surface area (Å²) in [6.45, 7) is 0. The molecule has 0 saturated heterocycles. The third-order valence-corrected chi connectivity index (χ3v) is 3.26. The summed E-state index contributed by atoms with van der Waals surface area (Å²) in [5, 5.41) is -7.43. The van der Waals surface area contributed by atoms with Crippen molar-refractivity contribution in [1.29, 1.82) is 0 Å². The molecule has 1 N–H and O–H groups in total. The van der Waals surface area contributed by atoms with Crippen LogP contribution in [0.2, 0.25) is 0 Å². The van der Waals surface area contributed by atoms with E-state index in [1.54, 1.807) is 0 Å². The Hall–Kier alpha value is -1.00. The van der Waals surface area contributed by atoms with Crippen LogP contribution in [0, 0.1) is 0 Å². The molecule has 0 rings (SSSR count). The maximum atomic E-state index is 12.9. The lowest BCUT2D eigenvalue weighted by atomic mass is 9.96. The van der Waals surface area contributed by atoms with Crippen molar-refractivity contribution in [2.45, 2.75) is 41.5 Å². The van der Waals surface area contributed by atoms with E-state index in [9.17, 15) is 65.5 Å². The van der Waals surface area contributed by atoms with E-state index in [1.165, 1.54) is 0 Å². The predicted octanol–water partition coefficient (Wildman–Crippen LogP) is 3.96. The van der Waals surface area contributed by atoms with Crippen LogP contribution in [0.15, 0.2) is 0 Å². The number of alkyl halides is 13. The highest BCUT2D eigenvalue weighted by atomic mass is 32.2. The van der Waals surface area contributed by atoms with Crippen LogP contribution in [0.4, 0.5) is 57.1 Å². The predicted molar refractivity (Wildman–Crippen MR) is 47.0 cm³/mol. The molecular formula is C7H3F13O3S. The summed E-state index contributed by atoms with van der Waals surface area (Å²) in [6, 6.07) is 0. The Bertz CT molecular complexity index is 575. The van der Waals surface area contributed by atoms with Crippen LogP contribution in [-0.4, -0.2) is 48.1 Å². The first kappa shape index (κ1) is 23.0. The molecule has 0 aliphatic heterocycles. The minimum Gasteiger partial charge on any atom is -0.281 e. The van der Waals surface area contributed by atoms with E-state index < -0.39 is 51.7 Å². The van der Waals surface area contributed by atoms with Gasteiger partial charge in [0.05, 0.1) is 0 Å². The van der Waals surface area contributed by atoms with Gasteiger partial charge in [-0.3, -0.25) is 4.55 Å². The van der Waals surface area contributed by atoms with Gasteiger partial charge in [0.15, 0.2) is 0 Å². The topological polar surface area (TPSA) is 54.4 Å². The van der Waals surface area contributed by atoms with Crippen LogP contribution in [0.1, 0.15) is 6.42 Å². The summed E-state index contributed by atoms with van der Waals surface area (Å²) in [5.41, 5.74) is 0. The Morgan fingerprint density at radius 2 is 0.958 bits per heavy atom. The van der Waals surface area contributed by atoms with Crippen LogP contribution in [0.5, 0.6) is 0 Å². The summed E-state index contributed by atoms with van der Waals surface area (Å²) in [5.74, 6) is -30.7. The van der Waals surface area contributed by atoms with Gasteiger partial charge < -0.3 is 0 Å². The van der Waals surface area contributed by atoms with Crippen molar-refractivity contribution in [3.8, 4) is 0 Å². The minimum atomic E-state index is -8.02. The zero-order valence-corrected chi connectivity index (χ0v) is 11.1. The van der Waals surface area contributed by atoms with Gasteiger partial charge in [0.2, 0.25) is 0 Å². The first-order valence-electron chi connectivity index (χ1n) is 4.88. The highest BCUT2D eigenvalue weighted by Crippen LogP contribution is 2.59. The Balaban J connectivity index is 6.31. The van der Waals surface area contributed by atoms with Gasteiger partial charge in [0.1, 0.15) is 6.42 Å². The zero-order chi connectivity index (χ0) is 20.2. The first-order valence-corrected chi connectivity index (χ1v) is 6.32. The van der Waals surface area contributed by atoms with E-state index in [4.69, 9.17) is 4.55 Å². The molecule has 3 nitrogen and oxygen atoms in total. The van der Waals surface area contributed by atoms with E-state index in [1.807, 2.05) is 0 Å². The summed E-state index contributed by atoms with van der Waals surface area (Å²) >= 11 is 0. The van der Waals surface area contributed by atoms with Crippen molar-refractivity contribution in [3.05, 3.63) is 0 Å². The molecule has 0 heterocycles. The van der Waals surface area contributed by atoms with Crippen molar-refractivity contribution in [2.75, 3.05) is 0 Å². The summed E-state index contributed by atoms with van der Waals surface area (Å²) in [7, 11) is -7.55. The van der Waals surface area contributed by atoms with Crippen LogP contribution in [-0.2, 0) is 10.1 Å². The van der Waals surface area contributed by atoms with Crippen molar-refractivity contribution in [1.82, 2.24) is 0 Å². The average molecular weight is 414 g/mol. The van der Waals surface area contributed by atoms with Crippen molar-refractivity contribution < 1.29 is 70.0 Å². The van der Waals surface area contributed by atoms with Crippen LogP contribution in [0.3, 0.4) is 0 Å². The molecule has 0 radical (unpaired) electrons. The lowest BCUT2D eigenvalue weighted by Crippen LogP contribution is -2.69. The number of rotatable bonds is 6. The monoisotopic (exact) mass is 414 g/mol. The Morgan fingerprint density at radius 1 is 0.625 bits per heavy atom. The Kier molecular flexibility index (Phi) is 5.27. The molecule has 0 aromatic carbocycles. The maximum absolute atomic E-state index is 12.9. The second kappa shape index (κ2) is 5.50. The van der Waals surface area contributed by atoms with Crippen LogP contribution < -0.4 is 0 Å². The third kappa shape index (κ3) is 3.36. The van der Waals surface area contributed by atoms with Gasteiger partial charge in [-0.25, -0.2) is 0 Å². The third-order valence-electron chi connectivity index (χ3n) is 2.36. The molecule has 0 amide bonds. The lowest BCUT2D eigenvalue weighted by molar-refractivity contribution is -0.397. The quantitative estimate of drug-likeness (QED) is 0.529. The van der Waals surface area contributed by atoms with Gasteiger partial charge in [-0.15, -0.1) is 0 Å². The molecule has 0 spiro atoms. The maximum Gasteiger partial charge on any atom is 0.438 e. The SMILES string of the molecule is O=S(=O)(O)C(F)(F)C(F)(F)C(F)(F)C(F)(F)C(F)(F)CC(F)(F)F. The largest absolute Gasteiger partial charge is 0.438 e. The molecular weight excluding hydrogens is 411 g/mol. The molecule has 17 heteroatoms. The van der Waals surface area contributed by atoms with E-state index >= 15 is 0 Å². The van der Waals surface area contributed by atoms with Crippen LogP contribution >= 0.6 is 0 Å². The molecule has 0 atom stereocenters. The second-order valence-electron chi connectivity index (χ2n) is 4.21. The molecule has 0 aliphatic rings. The van der Waals surface area contributed by atoms with E-state index in [0.29, 0.717) is 0 Å². The van der Waals surface area contributed by atoms with E-state index in [0.717, 1.165) is 0 Å². The molecule has 24 heavy (non-hydrogen) atoms. The van der Waals surface area contributed by atoms with Gasteiger partial charge >= 0.3 is 45.2 Å². The Morgan fingerprint density at radius 3 is 1.21 bits per heavy atom. The summed E-state index contributed by atoms with van der Waals surface area (Å²) in [6.07, 6.45) is -10.4. The molecule has 0 bridgehead atoms. The molecule has 146 valence electrons. The van der Waals surface area contributed by atoms with E-state index in [2.05, 4.69) is 0 Å². The van der Waals surface area contributed by atoms with Gasteiger partial charge in [0, 0.05) is 0 Å². The smallest absolute Gasteiger partial charge is 0.281 e. The summed E-state index contributed by atoms with van der Waals surface area (Å²) in [4.78, 5) is 0. The summed E-state index contributed by atoms with van der Waals surface area (Å²) < 4.78 is 190. The Labute approximate surface area is 123 Å². The zero-order valence-electron chi connectivity index (χ0n) is 10.3. The van der Waals surface area contributed by atoms with Crippen molar-refractivity contribution >= 4 is 10.1 Å². The normalized spacial score (nSPS) is 16.4. The number of halogens is 13. The van der Waals surface area contributed by atoms with Gasteiger partial charge in [-0.2, -0.15) is 65.5 Å². The lowest BCUT2D eigenvalue weighted by Gasteiger charge is -2.38. The molecule has 0 saturated carbocycles. The fourth-order valence-electron chi connectivity index (χ4n) is 1.13. The molecule has 0 aliphatic carbocycles. The second-order valence-corrected chi connectivity index (χ2v) is 5.67.